The van der Waals surface area contributed by atoms with E-state index in [1.165, 1.54) is 19.3 Å². The van der Waals surface area contributed by atoms with Crippen LogP contribution in [0, 0.1) is 5.92 Å². The minimum absolute atomic E-state index is 0.122. The van der Waals surface area contributed by atoms with E-state index in [1.807, 2.05) is 20.8 Å². The Hall–Kier alpha value is -1.10. The SMILES string of the molecule is CCN(C1CCCCC1)C(C)C(=O)NC(C(=O)O)C(C)C. The first-order chi connectivity index (χ1) is 9.88. The zero-order valence-electron chi connectivity index (χ0n) is 13.8. The molecule has 1 rings (SSSR count). The van der Waals surface area contributed by atoms with Gasteiger partial charge in [-0.15, -0.1) is 0 Å². The van der Waals surface area contributed by atoms with E-state index < -0.39 is 12.0 Å². The molecule has 1 saturated carbocycles. The summed E-state index contributed by atoms with van der Waals surface area (Å²) >= 11 is 0. The van der Waals surface area contributed by atoms with E-state index in [2.05, 4.69) is 17.1 Å². The van der Waals surface area contributed by atoms with Crippen molar-refractivity contribution >= 4 is 11.9 Å². The molecule has 0 saturated heterocycles. The van der Waals surface area contributed by atoms with Crippen molar-refractivity contribution in [1.29, 1.82) is 0 Å². The van der Waals surface area contributed by atoms with Crippen LogP contribution in [0.3, 0.4) is 0 Å². The van der Waals surface area contributed by atoms with Gasteiger partial charge in [-0.25, -0.2) is 4.79 Å². The number of carbonyl (C=O) groups is 2. The number of nitrogens with zero attached hydrogens (tertiary/aromatic N) is 1. The van der Waals surface area contributed by atoms with E-state index in [4.69, 9.17) is 0 Å². The lowest BCUT2D eigenvalue weighted by Crippen LogP contribution is -2.54. The van der Waals surface area contributed by atoms with Crippen LogP contribution in [0.5, 0.6) is 0 Å². The fourth-order valence-corrected chi connectivity index (χ4v) is 3.20. The summed E-state index contributed by atoms with van der Waals surface area (Å²) in [5.41, 5.74) is 0. The lowest BCUT2D eigenvalue weighted by molar-refractivity contribution is -0.144. The number of carboxylic acids is 1. The normalized spacial score (nSPS) is 19.5. The summed E-state index contributed by atoms with van der Waals surface area (Å²) in [6.45, 7) is 8.38. The number of carboxylic acid groups (broad SMARTS) is 1. The first kappa shape index (κ1) is 18.0. The monoisotopic (exact) mass is 298 g/mol. The molecule has 5 nitrogen and oxygen atoms in total. The summed E-state index contributed by atoms with van der Waals surface area (Å²) in [5.74, 6) is -1.27. The number of hydrogen-bond donors (Lipinski definition) is 2. The van der Waals surface area contributed by atoms with Crippen molar-refractivity contribution in [1.82, 2.24) is 10.2 Å². The molecule has 0 aliphatic heterocycles. The van der Waals surface area contributed by atoms with Gasteiger partial charge in [0.2, 0.25) is 5.91 Å². The summed E-state index contributed by atoms with van der Waals surface area (Å²) < 4.78 is 0. The maximum absolute atomic E-state index is 12.4. The third-order valence-electron chi connectivity index (χ3n) is 4.52. The largest absolute Gasteiger partial charge is 0.480 e. The highest BCUT2D eigenvalue weighted by Crippen LogP contribution is 2.24. The average molecular weight is 298 g/mol. The van der Waals surface area contributed by atoms with Gasteiger partial charge in [-0.2, -0.15) is 0 Å². The minimum Gasteiger partial charge on any atom is -0.480 e. The van der Waals surface area contributed by atoms with Crippen molar-refractivity contribution in [2.45, 2.75) is 77.9 Å². The number of rotatable bonds is 7. The molecule has 0 heterocycles. The Morgan fingerprint density at radius 2 is 1.76 bits per heavy atom. The van der Waals surface area contributed by atoms with Gasteiger partial charge >= 0.3 is 5.97 Å². The molecule has 2 N–H and O–H groups in total. The first-order valence-electron chi connectivity index (χ1n) is 8.17. The molecule has 122 valence electrons. The second-order valence-corrected chi connectivity index (χ2v) is 6.37. The molecule has 5 heteroatoms. The van der Waals surface area contributed by atoms with Gasteiger partial charge in [0.25, 0.3) is 0 Å². The predicted molar refractivity (Wildman–Crippen MR) is 83.1 cm³/mol. The van der Waals surface area contributed by atoms with E-state index in [-0.39, 0.29) is 17.9 Å². The number of carbonyl (C=O) groups excluding carboxylic acids is 1. The predicted octanol–water partition coefficient (Wildman–Crippen LogP) is 2.25. The number of nitrogens with one attached hydrogen (secondary N) is 1. The fraction of sp³-hybridized carbons (Fsp3) is 0.875. The summed E-state index contributed by atoms with van der Waals surface area (Å²) in [4.78, 5) is 25.8. The first-order valence-corrected chi connectivity index (χ1v) is 8.17. The molecule has 2 atom stereocenters. The van der Waals surface area contributed by atoms with Gasteiger partial charge in [-0.05, 0) is 32.2 Å². The van der Waals surface area contributed by atoms with Gasteiger partial charge in [0.15, 0.2) is 0 Å². The van der Waals surface area contributed by atoms with Gasteiger partial charge in [0.05, 0.1) is 6.04 Å². The Morgan fingerprint density at radius 3 is 2.19 bits per heavy atom. The maximum Gasteiger partial charge on any atom is 0.326 e. The Morgan fingerprint density at radius 1 is 1.19 bits per heavy atom. The number of hydrogen-bond acceptors (Lipinski definition) is 3. The van der Waals surface area contributed by atoms with Crippen LogP contribution in [0.15, 0.2) is 0 Å². The van der Waals surface area contributed by atoms with E-state index >= 15 is 0 Å². The second kappa shape index (κ2) is 8.37. The molecule has 0 radical (unpaired) electrons. The smallest absolute Gasteiger partial charge is 0.326 e. The van der Waals surface area contributed by atoms with Crippen molar-refractivity contribution in [2.24, 2.45) is 5.92 Å². The Bertz CT molecular complexity index is 351. The van der Waals surface area contributed by atoms with Crippen LogP contribution in [0.1, 0.15) is 59.8 Å². The van der Waals surface area contributed by atoms with Crippen molar-refractivity contribution in [3.05, 3.63) is 0 Å². The lowest BCUT2D eigenvalue weighted by Gasteiger charge is -2.37. The van der Waals surface area contributed by atoms with E-state index in [0.29, 0.717) is 6.04 Å². The molecule has 1 fully saturated rings. The van der Waals surface area contributed by atoms with Crippen LogP contribution in [0.25, 0.3) is 0 Å². The molecule has 0 aromatic rings. The summed E-state index contributed by atoms with van der Waals surface area (Å²) in [6, 6.07) is -0.643. The summed E-state index contributed by atoms with van der Waals surface area (Å²) in [5, 5.41) is 11.9. The number of amides is 1. The molecular weight excluding hydrogens is 268 g/mol. The van der Waals surface area contributed by atoms with Crippen molar-refractivity contribution < 1.29 is 14.7 Å². The van der Waals surface area contributed by atoms with Crippen molar-refractivity contribution in [3.8, 4) is 0 Å². The van der Waals surface area contributed by atoms with Crippen LogP contribution in [0.4, 0.5) is 0 Å². The molecule has 1 amide bonds. The van der Waals surface area contributed by atoms with Crippen molar-refractivity contribution in [3.63, 3.8) is 0 Å². The average Bonchev–Trinajstić information content (AvgIpc) is 2.45. The molecular formula is C16H30N2O3. The van der Waals surface area contributed by atoms with Crippen molar-refractivity contribution in [2.75, 3.05) is 6.54 Å². The summed E-state index contributed by atoms with van der Waals surface area (Å²) in [7, 11) is 0. The fourth-order valence-electron chi connectivity index (χ4n) is 3.20. The zero-order valence-corrected chi connectivity index (χ0v) is 13.8. The van der Waals surface area contributed by atoms with E-state index in [1.54, 1.807) is 0 Å². The second-order valence-electron chi connectivity index (χ2n) is 6.37. The third kappa shape index (κ3) is 4.99. The van der Waals surface area contributed by atoms with Gasteiger partial charge in [0, 0.05) is 6.04 Å². The highest BCUT2D eigenvalue weighted by atomic mass is 16.4. The van der Waals surface area contributed by atoms with Gasteiger partial charge in [-0.3, -0.25) is 9.69 Å². The van der Waals surface area contributed by atoms with Crippen LogP contribution in [-0.2, 0) is 9.59 Å². The summed E-state index contributed by atoms with van der Waals surface area (Å²) in [6.07, 6.45) is 6.00. The molecule has 2 unspecified atom stereocenters. The topological polar surface area (TPSA) is 69.6 Å². The highest BCUT2D eigenvalue weighted by Gasteiger charge is 2.31. The maximum atomic E-state index is 12.4. The Kier molecular flexibility index (Phi) is 7.15. The molecule has 0 spiro atoms. The molecule has 21 heavy (non-hydrogen) atoms. The van der Waals surface area contributed by atoms with Crippen LogP contribution in [0.2, 0.25) is 0 Å². The van der Waals surface area contributed by atoms with Crippen LogP contribution < -0.4 is 5.32 Å². The van der Waals surface area contributed by atoms with Gasteiger partial charge in [0.1, 0.15) is 6.04 Å². The number of likely N-dealkylation sites (N-methyl/N-ethyl adjacent to an activating group) is 1. The Balaban J connectivity index is 2.67. The molecule has 0 aromatic carbocycles. The Labute approximate surface area is 128 Å². The molecule has 0 aromatic heterocycles. The highest BCUT2D eigenvalue weighted by molar-refractivity contribution is 5.86. The van der Waals surface area contributed by atoms with E-state index in [0.717, 1.165) is 19.4 Å². The zero-order chi connectivity index (χ0) is 16.0. The minimum atomic E-state index is -0.966. The van der Waals surface area contributed by atoms with Crippen LogP contribution in [-0.4, -0.2) is 46.6 Å². The quantitative estimate of drug-likeness (QED) is 0.756. The number of aliphatic carboxylic acids is 1. The molecule has 0 bridgehead atoms. The van der Waals surface area contributed by atoms with Crippen LogP contribution >= 0.6 is 0 Å². The molecule has 1 aliphatic carbocycles. The van der Waals surface area contributed by atoms with Gasteiger partial charge in [-0.1, -0.05) is 40.0 Å². The third-order valence-corrected chi connectivity index (χ3v) is 4.52. The molecule has 1 aliphatic rings. The standard InChI is InChI=1S/C16H30N2O3/c1-5-18(13-9-7-6-8-10-13)12(4)15(19)17-14(11(2)3)16(20)21/h11-14H,5-10H2,1-4H3,(H,17,19)(H,20,21). The van der Waals surface area contributed by atoms with E-state index in [9.17, 15) is 14.7 Å². The lowest BCUT2D eigenvalue weighted by atomic mass is 9.93. The van der Waals surface area contributed by atoms with Gasteiger partial charge < -0.3 is 10.4 Å².